The Bertz CT molecular complexity index is 357. The van der Waals surface area contributed by atoms with Crippen molar-refractivity contribution in [2.45, 2.75) is 32.5 Å². The first kappa shape index (κ1) is 14.8. The second-order valence-electron chi connectivity index (χ2n) is 4.65. The highest BCUT2D eigenvalue weighted by Gasteiger charge is 2.30. The number of hydrogen-bond acceptors (Lipinski definition) is 2. The fourth-order valence-electron chi connectivity index (χ4n) is 1.72. The van der Waals surface area contributed by atoms with Gasteiger partial charge in [0.1, 0.15) is 0 Å². The molecule has 1 unspecified atom stereocenters. The van der Waals surface area contributed by atoms with Gasteiger partial charge >= 0.3 is 6.18 Å². The van der Waals surface area contributed by atoms with Crippen molar-refractivity contribution in [3.8, 4) is 0 Å². The standard InChI is InChI=1S/C13H19F3N2/c1-9(2)12(7-8-17)18-11-5-3-10(4-6-11)13(14,15)16/h3-6,9,12,18H,7-8,17H2,1-2H3. The summed E-state index contributed by atoms with van der Waals surface area (Å²) in [7, 11) is 0. The predicted molar refractivity (Wildman–Crippen MR) is 67.4 cm³/mol. The van der Waals surface area contributed by atoms with E-state index in [1.54, 1.807) is 0 Å². The van der Waals surface area contributed by atoms with E-state index in [2.05, 4.69) is 19.2 Å². The zero-order chi connectivity index (χ0) is 13.8. The number of nitrogens with two attached hydrogens (primary N) is 1. The van der Waals surface area contributed by atoms with Gasteiger partial charge in [0.2, 0.25) is 0 Å². The molecule has 102 valence electrons. The summed E-state index contributed by atoms with van der Waals surface area (Å²) in [5.74, 6) is 0.371. The number of benzene rings is 1. The van der Waals surface area contributed by atoms with Crippen LogP contribution in [0.3, 0.4) is 0 Å². The van der Waals surface area contributed by atoms with E-state index in [9.17, 15) is 13.2 Å². The molecule has 0 aromatic heterocycles. The van der Waals surface area contributed by atoms with Crippen molar-refractivity contribution < 1.29 is 13.2 Å². The van der Waals surface area contributed by atoms with Crippen LogP contribution in [-0.2, 0) is 6.18 Å². The van der Waals surface area contributed by atoms with E-state index in [1.807, 2.05) is 0 Å². The summed E-state index contributed by atoms with van der Waals surface area (Å²) in [5, 5.41) is 3.21. The molecule has 0 saturated carbocycles. The second kappa shape index (κ2) is 6.09. The first-order valence-electron chi connectivity index (χ1n) is 5.98. The maximum Gasteiger partial charge on any atom is 0.416 e. The van der Waals surface area contributed by atoms with Crippen molar-refractivity contribution in [1.82, 2.24) is 0 Å². The number of nitrogens with one attached hydrogen (secondary N) is 1. The van der Waals surface area contributed by atoms with Crippen LogP contribution in [0.25, 0.3) is 0 Å². The quantitative estimate of drug-likeness (QED) is 0.850. The zero-order valence-electron chi connectivity index (χ0n) is 10.6. The molecule has 0 aliphatic heterocycles. The molecule has 0 heterocycles. The van der Waals surface area contributed by atoms with Gasteiger partial charge < -0.3 is 11.1 Å². The van der Waals surface area contributed by atoms with Gasteiger partial charge in [-0.3, -0.25) is 0 Å². The van der Waals surface area contributed by atoms with Gasteiger partial charge in [-0.2, -0.15) is 13.2 Å². The van der Waals surface area contributed by atoms with Gasteiger partial charge in [-0.1, -0.05) is 13.8 Å². The summed E-state index contributed by atoms with van der Waals surface area (Å²) in [4.78, 5) is 0. The lowest BCUT2D eigenvalue weighted by atomic mass is 10.0. The topological polar surface area (TPSA) is 38.0 Å². The Balaban J connectivity index is 2.73. The summed E-state index contributed by atoms with van der Waals surface area (Å²) in [6, 6.07) is 5.25. The SMILES string of the molecule is CC(C)C(CCN)Nc1ccc(C(F)(F)F)cc1. The van der Waals surface area contributed by atoms with Crippen molar-refractivity contribution in [2.75, 3.05) is 11.9 Å². The zero-order valence-corrected chi connectivity index (χ0v) is 10.6. The summed E-state index contributed by atoms with van der Waals surface area (Å²) in [6.45, 7) is 4.66. The molecule has 0 radical (unpaired) electrons. The predicted octanol–water partition coefficient (Wildman–Crippen LogP) is 3.49. The Hall–Kier alpha value is -1.23. The Kier molecular flexibility index (Phi) is 5.02. The van der Waals surface area contributed by atoms with Crippen molar-refractivity contribution in [2.24, 2.45) is 11.7 Å². The van der Waals surface area contributed by atoms with E-state index in [-0.39, 0.29) is 6.04 Å². The maximum absolute atomic E-state index is 12.4. The van der Waals surface area contributed by atoms with Crippen LogP contribution >= 0.6 is 0 Å². The number of alkyl halides is 3. The molecule has 1 rings (SSSR count). The Morgan fingerprint density at radius 1 is 1.17 bits per heavy atom. The smallest absolute Gasteiger partial charge is 0.382 e. The van der Waals surface area contributed by atoms with Gasteiger partial charge in [0.05, 0.1) is 5.56 Å². The molecular weight excluding hydrogens is 241 g/mol. The molecule has 0 saturated heterocycles. The third-order valence-electron chi connectivity index (χ3n) is 2.85. The van der Waals surface area contributed by atoms with E-state index in [0.29, 0.717) is 18.2 Å². The molecule has 3 N–H and O–H groups in total. The lowest BCUT2D eigenvalue weighted by Gasteiger charge is -2.23. The number of halogens is 3. The minimum atomic E-state index is -4.28. The molecule has 0 aliphatic carbocycles. The number of rotatable bonds is 5. The molecule has 5 heteroatoms. The second-order valence-corrected chi connectivity index (χ2v) is 4.65. The van der Waals surface area contributed by atoms with E-state index in [1.165, 1.54) is 12.1 Å². The highest BCUT2D eigenvalue weighted by molar-refractivity contribution is 5.46. The molecular formula is C13H19F3N2. The minimum absolute atomic E-state index is 0.173. The number of hydrogen-bond donors (Lipinski definition) is 2. The summed E-state index contributed by atoms with van der Waals surface area (Å²) in [6.07, 6.45) is -3.49. The third-order valence-corrected chi connectivity index (χ3v) is 2.85. The molecule has 0 aliphatic rings. The maximum atomic E-state index is 12.4. The first-order chi connectivity index (χ1) is 8.34. The van der Waals surface area contributed by atoms with Crippen molar-refractivity contribution in [3.63, 3.8) is 0 Å². The van der Waals surface area contributed by atoms with Crippen LogP contribution in [0.5, 0.6) is 0 Å². The lowest BCUT2D eigenvalue weighted by Crippen LogP contribution is -2.28. The van der Waals surface area contributed by atoms with Gasteiger partial charge in [0, 0.05) is 11.7 Å². The average molecular weight is 260 g/mol. The Morgan fingerprint density at radius 3 is 2.11 bits per heavy atom. The monoisotopic (exact) mass is 260 g/mol. The van der Waals surface area contributed by atoms with Crippen molar-refractivity contribution in [3.05, 3.63) is 29.8 Å². The highest BCUT2D eigenvalue weighted by Crippen LogP contribution is 2.30. The lowest BCUT2D eigenvalue weighted by molar-refractivity contribution is -0.137. The molecule has 0 amide bonds. The largest absolute Gasteiger partial charge is 0.416 e. The molecule has 0 bridgehead atoms. The molecule has 18 heavy (non-hydrogen) atoms. The molecule has 0 fully saturated rings. The van der Waals surface area contributed by atoms with E-state index in [4.69, 9.17) is 5.73 Å². The first-order valence-corrected chi connectivity index (χ1v) is 5.98. The molecule has 2 nitrogen and oxygen atoms in total. The molecule has 1 atom stereocenters. The van der Waals surface area contributed by atoms with Crippen LogP contribution in [0.4, 0.5) is 18.9 Å². The van der Waals surface area contributed by atoms with Crippen LogP contribution in [0, 0.1) is 5.92 Å². The average Bonchev–Trinajstić information content (AvgIpc) is 2.28. The third kappa shape index (κ3) is 4.22. The number of anilines is 1. The van der Waals surface area contributed by atoms with Crippen LogP contribution < -0.4 is 11.1 Å². The van der Waals surface area contributed by atoms with Gasteiger partial charge in [-0.25, -0.2) is 0 Å². The van der Waals surface area contributed by atoms with Gasteiger partial charge in [0.15, 0.2) is 0 Å². The molecule has 0 spiro atoms. The highest BCUT2D eigenvalue weighted by atomic mass is 19.4. The molecule has 1 aromatic rings. The fraction of sp³-hybridized carbons (Fsp3) is 0.538. The van der Waals surface area contributed by atoms with Crippen LogP contribution in [0.2, 0.25) is 0 Å². The van der Waals surface area contributed by atoms with Crippen LogP contribution in [-0.4, -0.2) is 12.6 Å². The summed E-state index contributed by atoms with van der Waals surface area (Å²) >= 11 is 0. The fourth-order valence-corrected chi connectivity index (χ4v) is 1.72. The van der Waals surface area contributed by atoms with Gasteiger partial charge in [-0.15, -0.1) is 0 Å². The van der Waals surface area contributed by atoms with Crippen LogP contribution in [0.15, 0.2) is 24.3 Å². The summed E-state index contributed by atoms with van der Waals surface area (Å²) < 4.78 is 37.2. The van der Waals surface area contributed by atoms with Crippen molar-refractivity contribution >= 4 is 5.69 Å². The Morgan fingerprint density at radius 2 is 1.72 bits per heavy atom. The van der Waals surface area contributed by atoms with Gasteiger partial charge in [-0.05, 0) is 43.1 Å². The van der Waals surface area contributed by atoms with E-state index >= 15 is 0 Å². The normalized spacial score (nSPS) is 13.7. The van der Waals surface area contributed by atoms with Crippen LogP contribution in [0.1, 0.15) is 25.8 Å². The minimum Gasteiger partial charge on any atom is -0.382 e. The van der Waals surface area contributed by atoms with Gasteiger partial charge in [0.25, 0.3) is 0 Å². The Labute approximate surface area is 105 Å². The molecule has 1 aromatic carbocycles. The van der Waals surface area contributed by atoms with Crippen molar-refractivity contribution in [1.29, 1.82) is 0 Å². The van der Waals surface area contributed by atoms with E-state index in [0.717, 1.165) is 18.6 Å². The summed E-state index contributed by atoms with van der Waals surface area (Å²) in [5.41, 5.74) is 5.57. The van der Waals surface area contributed by atoms with E-state index < -0.39 is 11.7 Å².